The van der Waals surface area contributed by atoms with Gasteiger partial charge < -0.3 is 0 Å². The van der Waals surface area contributed by atoms with Crippen LogP contribution in [0.2, 0.25) is 0 Å². The minimum absolute atomic E-state index is 0.583. The molecule has 1 aliphatic rings. The van der Waals surface area contributed by atoms with Crippen molar-refractivity contribution < 1.29 is 4.79 Å². The van der Waals surface area contributed by atoms with Gasteiger partial charge in [0.1, 0.15) is 5.70 Å². The van der Waals surface area contributed by atoms with E-state index in [2.05, 4.69) is 4.99 Å². The lowest BCUT2D eigenvalue weighted by molar-refractivity contribution is -0.105. The standard InChI is InChI=1S/C5H5NO/c1-4-2-6-5(4)3-7/h2-3H,1H3. The van der Waals surface area contributed by atoms with Crippen LogP contribution in [-0.2, 0) is 4.79 Å². The predicted molar refractivity (Wildman–Crippen MR) is 27.3 cm³/mol. The molecule has 2 heteroatoms. The summed E-state index contributed by atoms with van der Waals surface area (Å²) in [6.07, 6.45) is 2.43. The zero-order chi connectivity index (χ0) is 5.28. The van der Waals surface area contributed by atoms with E-state index in [4.69, 9.17) is 0 Å². The lowest BCUT2D eigenvalue weighted by atomic mass is 10.2. The first-order valence-corrected chi connectivity index (χ1v) is 2.04. The van der Waals surface area contributed by atoms with Gasteiger partial charge in [-0.15, -0.1) is 0 Å². The van der Waals surface area contributed by atoms with Crippen molar-refractivity contribution in [3.8, 4) is 0 Å². The molecule has 7 heavy (non-hydrogen) atoms. The Labute approximate surface area is 41.6 Å². The highest BCUT2D eigenvalue weighted by molar-refractivity contribution is 5.97. The molecule has 1 rings (SSSR count). The fraction of sp³-hybridized carbons (Fsp3) is 0.200. The molecule has 0 amide bonds. The highest BCUT2D eigenvalue weighted by Crippen LogP contribution is 2.08. The van der Waals surface area contributed by atoms with Crippen molar-refractivity contribution in [3.05, 3.63) is 11.3 Å². The van der Waals surface area contributed by atoms with Gasteiger partial charge in [-0.3, -0.25) is 9.79 Å². The maximum absolute atomic E-state index is 9.83. The van der Waals surface area contributed by atoms with E-state index in [1.165, 1.54) is 0 Å². The maximum Gasteiger partial charge on any atom is 0.168 e. The molecule has 0 bridgehead atoms. The van der Waals surface area contributed by atoms with Crippen LogP contribution >= 0.6 is 0 Å². The number of carbonyl (C=O) groups is 1. The molecule has 0 radical (unpaired) electrons. The second-order valence-corrected chi connectivity index (χ2v) is 1.44. The van der Waals surface area contributed by atoms with E-state index >= 15 is 0 Å². The largest absolute Gasteiger partial charge is 0.296 e. The van der Waals surface area contributed by atoms with Crippen molar-refractivity contribution in [2.75, 3.05) is 0 Å². The molecule has 36 valence electrons. The van der Waals surface area contributed by atoms with Crippen LogP contribution in [0.4, 0.5) is 0 Å². The molecular weight excluding hydrogens is 90.1 g/mol. The third-order valence-electron chi connectivity index (χ3n) is 0.913. The zero-order valence-corrected chi connectivity index (χ0v) is 4.01. The van der Waals surface area contributed by atoms with E-state index in [0.29, 0.717) is 5.70 Å². The van der Waals surface area contributed by atoms with Crippen LogP contribution in [0, 0.1) is 0 Å². The van der Waals surface area contributed by atoms with Gasteiger partial charge in [0.2, 0.25) is 0 Å². The van der Waals surface area contributed by atoms with E-state index < -0.39 is 0 Å². The van der Waals surface area contributed by atoms with E-state index in [9.17, 15) is 4.79 Å². The predicted octanol–water partition coefficient (Wildman–Crippen LogP) is 0.544. The summed E-state index contributed by atoms with van der Waals surface area (Å²) in [6, 6.07) is 0. The van der Waals surface area contributed by atoms with Crippen LogP contribution in [0.5, 0.6) is 0 Å². The molecule has 0 spiro atoms. The molecule has 0 aromatic rings. The van der Waals surface area contributed by atoms with Crippen molar-refractivity contribution in [2.45, 2.75) is 6.92 Å². The first kappa shape index (κ1) is 4.24. The Morgan fingerprint density at radius 2 is 2.57 bits per heavy atom. The average molecular weight is 95.1 g/mol. The van der Waals surface area contributed by atoms with Crippen LogP contribution in [0.15, 0.2) is 16.3 Å². The van der Waals surface area contributed by atoms with Crippen molar-refractivity contribution >= 4 is 12.5 Å². The summed E-state index contributed by atoms with van der Waals surface area (Å²) in [4.78, 5) is 13.5. The van der Waals surface area contributed by atoms with Gasteiger partial charge in [0.15, 0.2) is 6.29 Å². The summed E-state index contributed by atoms with van der Waals surface area (Å²) in [6.45, 7) is 1.86. The molecule has 0 saturated heterocycles. The van der Waals surface area contributed by atoms with Crippen LogP contribution in [0.1, 0.15) is 6.92 Å². The number of nitrogens with zero attached hydrogens (tertiary/aromatic N) is 1. The van der Waals surface area contributed by atoms with Crippen molar-refractivity contribution in [1.29, 1.82) is 0 Å². The minimum atomic E-state index is 0.583. The molecule has 0 saturated carbocycles. The third-order valence-corrected chi connectivity index (χ3v) is 0.913. The Kier molecular flexibility index (Phi) is 0.785. The number of aldehydes is 1. The summed E-state index contributed by atoms with van der Waals surface area (Å²) in [5, 5.41) is 0. The number of rotatable bonds is 1. The van der Waals surface area contributed by atoms with Gasteiger partial charge in [-0.2, -0.15) is 0 Å². The zero-order valence-electron chi connectivity index (χ0n) is 4.01. The first-order valence-electron chi connectivity index (χ1n) is 2.04. The van der Waals surface area contributed by atoms with Gasteiger partial charge in [-0.1, -0.05) is 0 Å². The van der Waals surface area contributed by atoms with E-state index in [1.807, 2.05) is 6.92 Å². The van der Waals surface area contributed by atoms with Gasteiger partial charge in [-0.25, -0.2) is 0 Å². The maximum atomic E-state index is 9.83. The summed E-state index contributed by atoms with van der Waals surface area (Å²) in [5.74, 6) is 0. The molecule has 1 aliphatic heterocycles. The highest BCUT2D eigenvalue weighted by atomic mass is 16.1. The lowest BCUT2D eigenvalue weighted by Crippen LogP contribution is -1.97. The molecule has 0 aromatic heterocycles. The van der Waals surface area contributed by atoms with Gasteiger partial charge >= 0.3 is 0 Å². The topological polar surface area (TPSA) is 29.4 Å². The first-order chi connectivity index (χ1) is 3.34. The van der Waals surface area contributed by atoms with Crippen LogP contribution in [0.25, 0.3) is 0 Å². The number of carbonyl (C=O) groups excluding carboxylic acids is 1. The minimum Gasteiger partial charge on any atom is -0.296 e. The number of hydrogen-bond donors (Lipinski definition) is 0. The normalized spacial score (nSPS) is 16.7. The molecule has 1 heterocycles. The van der Waals surface area contributed by atoms with Gasteiger partial charge in [0, 0.05) is 6.21 Å². The summed E-state index contributed by atoms with van der Waals surface area (Å²) in [7, 11) is 0. The SMILES string of the molecule is CC1=C(C=O)N=C1. The molecule has 0 aliphatic carbocycles. The number of hydrogen-bond acceptors (Lipinski definition) is 2. The second kappa shape index (κ2) is 1.30. The number of aliphatic imine (C=N–C) groups is 1. The Hall–Kier alpha value is -0.920. The van der Waals surface area contributed by atoms with Crippen LogP contribution in [-0.4, -0.2) is 12.5 Å². The molecule has 2 nitrogen and oxygen atoms in total. The van der Waals surface area contributed by atoms with Crippen LogP contribution < -0.4 is 0 Å². The molecule has 0 aromatic carbocycles. The van der Waals surface area contributed by atoms with Crippen LogP contribution in [0.3, 0.4) is 0 Å². The quantitative estimate of drug-likeness (QED) is 0.437. The smallest absolute Gasteiger partial charge is 0.168 e. The fourth-order valence-electron chi connectivity index (χ4n) is 0.392. The van der Waals surface area contributed by atoms with E-state index in [1.54, 1.807) is 6.21 Å². The Morgan fingerprint density at radius 1 is 1.86 bits per heavy atom. The van der Waals surface area contributed by atoms with E-state index in [0.717, 1.165) is 11.9 Å². The fourth-order valence-corrected chi connectivity index (χ4v) is 0.392. The summed E-state index contributed by atoms with van der Waals surface area (Å²) < 4.78 is 0. The van der Waals surface area contributed by atoms with Crippen molar-refractivity contribution in [3.63, 3.8) is 0 Å². The molecular formula is C5H5NO. The molecule has 0 fully saturated rings. The third kappa shape index (κ3) is 0.474. The van der Waals surface area contributed by atoms with Gasteiger partial charge in [0.05, 0.1) is 0 Å². The Bertz CT molecular complexity index is 151. The second-order valence-electron chi connectivity index (χ2n) is 1.44. The van der Waals surface area contributed by atoms with Gasteiger partial charge in [-0.05, 0) is 12.5 Å². The number of allylic oxidation sites excluding steroid dienone is 2. The van der Waals surface area contributed by atoms with E-state index in [-0.39, 0.29) is 0 Å². The molecule has 0 unspecified atom stereocenters. The summed E-state index contributed by atoms with van der Waals surface area (Å²) in [5.41, 5.74) is 1.56. The van der Waals surface area contributed by atoms with Gasteiger partial charge in [0.25, 0.3) is 0 Å². The highest BCUT2D eigenvalue weighted by Gasteiger charge is 2.02. The van der Waals surface area contributed by atoms with Crippen molar-refractivity contribution in [1.82, 2.24) is 0 Å². The van der Waals surface area contributed by atoms with Crippen molar-refractivity contribution in [2.24, 2.45) is 4.99 Å². The Balaban J connectivity index is 2.73. The molecule has 0 atom stereocenters. The average Bonchev–Trinajstić information content (AvgIpc) is 1.65. The monoisotopic (exact) mass is 95.0 g/mol. The lowest BCUT2D eigenvalue weighted by Gasteiger charge is -2.01. The summed E-state index contributed by atoms with van der Waals surface area (Å²) >= 11 is 0. The molecule has 0 N–H and O–H groups in total. The Morgan fingerprint density at radius 3 is 2.57 bits per heavy atom.